The lowest BCUT2D eigenvalue weighted by Crippen LogP contribution is -2.45. The zero-order valence-electron chi connectivity index (χ0n) is 16.5. The maximum absolute atomic E-state index is 12.5. The fourth-order valence-corrected chi connectivity index (χ4v) is 2.55. The number of urea groups is 1. The third-order valence-electron chi connectivity index (χ3n) is 4.47. The molecule has 0 heterocycles. The molecule has 7 heteroatoms. The second-order valence-corrected chi connectivity index (χ2v) is 7.60. The molecule has 27 heavy (non-hydrogen) atoms. The summed E-state index contributed by atoms with van der Waals surface area (Å²) in [7, 11) is 0. The molecule has 3 N–H and O–H groups in total. The van der Waals surface area contributed by atoms with Crippen molar-refractivity contribution in [1.82, 2.24) is 10.6 Å². The Hall–Kier alpha value is -2.57. The number of nitrogens with one attached hydrogen (secondary N) is 2. The zero-order valence-corrected chi connectivity index (χ0v) is 16.5. The molecule has 1 unspecified atom stereocenters. The summed E-state index contributed by atoms with van der Waals surface area (Å²) in [5.74, 6) is -1.49. The molecule has 1 atom stereocenters. The molecule has 3 amide bonds. The quantitative estimate of drug-likeness (QED) is 0.662. The van der Waals surface area contributed by atoms with E-state index in [9.17, 15) is 19.5 Å². The van der Waals surface area contributed by atoms with Crippen molar-refractivity contribution in [2.75, 3.05) is 0 Å². The number of hydrogen-bond acceptors (Lipinski definition) is 5. The summed E-state index contributed by atoms with van der Waals surface area (Å²) in [4.78, 5) is 36.2. The fourth-order valence-electron chi connectivity index (χ4n) is 2.55. The van der Waals surface area contributed by atoms with Crippen LogP contribution in [0.4, 0.5) is 4.79 Å². The van der Waals surface area contributed by atoms with Gasteiger partial charge < -0.3 is 15.2 Å². The van der Waals surface area contributed by atoms with Gasteiger partial charge in [-0.25, -0.2) is 9.59 Å². The molecule has 1 aromatic rings. The van der Waals surface area contributed by atoms with E-state index in [4.69, 9.17) is 4.74 Å². The summed E-state index contributed by atoms with van der Waals surface area (Å²) in [5, 5.41) is 15.2. The maximum atomic E-state index is 12.5. The van der Waals surface area contributed by atoms with Crippen LogP contribution < -0.4 is 10.6 Å². The summed E-state index contributed by atoms with van der Waals surface area (Å²) in [6, 6.07) is 2.97. The minimum Gasteiger partial charge on any atom is -0.507 e. The fraction of sp³-hybridized carbons (Fsp3) is 0.550. The predicted molar refractivity (Wildman–Crippen MR) is 101 cm³/mol. The van der Waals surface area contributed by atoms with Crippen molar-refractivity contribution in [3.05, 3.63) is 28.8 Å². The first kappa shape index (κ1) is 20.7. The summed E-state index contributed by atoms with van der Waals surface area (Å²) in [6.45, 7) is 9.19. The van der Waals surface area contributed by atoms with E-state index in [1.807, 2.05) is 33.8 Å². The summed E-state index contributed by atoms with van der Waals surface area (Å²) < 4.78 is 5.18. The van der Waals surface area contributed by atoms with Crippen molar-refractivity contribution in [3.8, 4) is 5.75 Å². The van der Waals surface area contributed by atoms with Crippen LogP contribution in [0.15, 0.2) is 12.1 Å². The lowest BCUT2D eigenvalue weighted by atomic mass is 9.92. The smallest absolute Gasteiger partial charge is 0.342 e. The standard InChI is InChI=1S/C20H28N2O5/c1-10(2)13-8-15(11(3)4)17(23)16(9-13)19(25)27-12(5)18(24)22-20(26)21-14-6-7-14/h8-12,14,23H,6-7H2,1-5H3,(H2,21,22,24,26). The zero-order chi connectivity index (χ0) is 20.3. The predicted octanol–water partition coefficient (Wildman–Crippen LogP) is 3.17. The molecule has 7 nitrogen and oxygen atoms in total. The SMILES string of the molecule is CC(OC(=O)c1cc(C(C)C)cc(C(C)C)c1O)C(=O)NC(=O)NC1CC1. The highest BCUT2D eigenvalue weighted by Gasteiger charge is 2.27. The monoisotopic (exact) mass is 376 g/mol. The van der Waals surface area contributed by atoms with Crippen molar-refractivity contribution >= 4 is 17.9 Å². The average molecular weight is 376 g/mol. The number of carbonyl (C=O) groups is 3. The summed E-state index contributed by atoms with van der Waals surface area (Å²) in [6.07, 6.45) is 0.623. The highest BCUT2D eigenvalue weighted by Crippen LogP contribution is 2.33. The van der Waals surface area contributed by atoms with Crippen LogP contribution in [-0.4, -0.2) is 35.2 Å². The Morgan fingerprint density at radius 3 is 2.22 bits per heavy atom. The number of aromatic hydroxyl groups is 1. The molecule has 1 fully saturated rings. The number of esters is 1. The minimum absolute atomic E-state index is 0.0158. The number of benzene rings is 1. The first-order valence-corrected chi connectivity index (χ1v) is 9.29. The molecular formula is C20H28N2O5. The number of rotatable bonds is 6. The van der Waals surface area contributed by atoms with Gasteiger partial charge in [0, 0.05) is 6.04 Å². The van der Waals surface area contributed by atoms with Crippen LogP contribution in [0.1, 0.15) is 80.8 Å². The van der Waals surface area contributed by atoms with Gasteiger partial charge in [0.25, 0.3) is 5.91 Å². The molecule has 1 aliphatic carbocycles. The van der Waals surface area contributed by atoms with E-state index < -0.39 is 24.0 Å². The van der Waals surface area contributed by atoms with E-state index in [2.05, 4.69) is 10.6 Å². The molecule has 1 saturated carbocycles. The van der Waals surface area contributed by atoms with Crippen LogP contribution in [0, 0.1) is 0 Å². The van der Waals surface area contributed by atoms with Crippen LogP contribution in [0.25, 0.3) is 0 Å². The lowest BCUT2D eigenvalue weighted by Gasteiger charge is -2.18. The largest absolute Gasteiger partial charge is 0.507 e. The number of phenolic OH excluding ortho intramolecular Hbond substituents is 1. The highest BCUT2D eigenvalue weighted by atomic mass is 16.5. The maximum Gasteiger partial charge on any atom is 0.342 e. The van der Waals surface area contributed by atoms with Gasteiger partial charge in [0.1, 0.15) is 11.3 Å². The topological polar surface area (TPSA) is 105 Å². The van der Waals surface area contributed by atoms with Crippen molar-refractivity contribution in [3.63, 3.8) is 0 Å². The molecule has 0 bridgehead atoms. The van der Waals surface area contributed by atoms with E-state index in [0.29, 0.717) is 5.56 Å². The van der Waals surface area contributed by atoms with Crippen LogP contribution in [0.2, 0.25) is 0 Å². The van der Waals surface area contributed by atoms with Crippen LogP contribution in [0.3, 0.4) is 0 Å². The Balaban J connectivity index is 2.11. The Morgan fingerprint density at radius 1 is 1.07 bits per heavy atom. The molecule has 1 aliphatic rings. The average Bonchev–Trinajstić information content (AvgIpc) is 3.37. The van der Waals surface area contributed by atoms with E-state index in [1.165, 1.54) is 6.92 Å². The summed E-state index contributed by atoms with van der Waals surface area (Å²) in [5.41, 5.74) is 1.56. The van der Waals surface area contributed by atoms with E-state index >= 15 is 0 Å². The van der Waals surface area contributed by atoms with Gasteiger partial charge >= 0.3 is 12.0 Å². The number of carbonyl (C=O) groups excluding carboxylic acids is 3. The Labute approximate surface area is 159 Å². The molecule has 0 saturated heterocycles. The second kappa shape index (κ2) is 8.41. The Bertz CT molecular complexity index is 738. The Morgan fingerprint density at radius 2 is 1.70 bits per heavy atom. The van der Waals surface area contributed by atoms with Gasteiger partial charge in [-0.3, -0.25) is 10.1 Å². The number of imide groups is 1. The molecule has 2 rings (SSSR count). The lowest BCUT2D eigenvalue weighted by molar-refractivity contribution is -0.127. The Kier molecular flexibility index (Phi) is 6.46. The van der Waals surface area contributed by atoms with Crippen LogP contribution in [0.5, 0.6) is 5.75 Å². The number of amides is 3. The van der Waals surface area contributed by atoms with Gasteiger partial charge in [0.05, 0.1) is 0 Å². The molecule has 148 valence electrons. The molecule has 0 radical (unpaired) electrons. The first-order chi connectivity index (χ1) is 12.6. The van der Waals surface area contributed by atoms with Crippen LogP contribution in [-0.2, 0) is 9.53 Å². The van der Waals surface area contributed by atoms with E-state index in [1.54, 1.807) is 6.07 Å². The van der Waals surface area contributed by atoms with Crippen molar-refractivity contribution in [2.45, 2.75) is 71.4 Å². The molecule has 1 aromatic carbocycles. The van der Waals surface area contributed by atoms with Crippen molar-refractivity contribution < 1.29 is 24.2 Å². The minimum atomic E-state index is -1.17. The number of ether oxygens (including phenoxy) is 1. The molecule has 0 aromatic heterocycles. The third-order valence-corrected chi connectivity index (χ3v) is 4.47. The van der Waals surface area contributed by atoms with Gasteiger partial charge in [0.2, 0.25) is 0 Å². The normalized spacial score (nSPS) is 14.8. The molecule has 0 aliphatic heterocycles. The second-order valence-electron chi connectivity index (χ2n) is 7.60. The van der Waals surface area contributed by atoms with E-state index in [0.717, 1.165) is 18.4 Å². The van der Waals surface area contributed by atoms with Gasteiger partial charge in [0.15, 0.2) is 6.10 Å². The highest BCUT2D eigenvalue weighted by molar-refractivity contribution is 5.99. The van der Waals surface area contributed by atoms with E-state index in [-0.39, 0.29) is 29.2 Å². The van der Waals surface area contributed by atoms with Gasteiger partial charge in [-0.15, -0.1) is 0 Å². The number of phenols is 1. The van der Waals surface area contributed by atoms with Gasteiger partial charge in [-0.2, -0.15) is 0 Å². The van der Waals surface area contributed by atoms with Crippen molar-refractivity contribution in [2.24, 2.45) is 0 Å². The van der Waals surface area contributed by atoms with Gasteiger partial charge in [-0.1, -0.05) is 33.8 Å². The summed E-state index contributed by atoms with van der Waals surface area (Å²) >= 11 is 0. The van der Waals surface area contributed by atoms with Crippen LogP contribution >= 0.6 is 0 Å². The molecule has 0 spiro atoms. The van der Waals surface area contributed by atoms with Crippen molar-refractivity contribution in [1.29, 1.82) is 0 Å². The third kappa shape index (κ3) is 5.45. The van der Waals surface area contributed by atoms with Gasteiger partial charge in [-0.05, 0) is 48.8 Å². The molecular weight excluding hydrogens is 348 g/mol. The first-order valence-electron chi connectivity index (χ1n) is 9.29. The number of hydrogen-bond donors (Lipinski definition) is 3.